The van der Waals surface area contributed by atoms with Crippen LogP contribution in [0.3, 0.4) is 0 Å². The van der Waals surface area contributed by atoms with E-state index in [-0.39, 0.29) is 11.3 Å². The van der Waals surface area contributed by atoms with Crippen LogP contribution in [-0.2, 0) is 5.41 Å². The van der Waals surface area contributed by atoms with Gasteiger partial charge >= 0.3 is 0 Å². The lowest BCUT2D eigenvalue weighted by Crippen LogP contribution is -2.42. The minimum absolute atomic E-state index is 0.0129. The normalized spacial score (nSPS) is 15.1. The van der Waals surface area contributed by atoms with Gasteiger partial charge in [-0.3, -0.25) is 4.79 Å². The van der Waals surface area contributed by atoms with Crippen molar-refractivity contribution in [3.63, 3.8) is 0 Å². The van der Waals surface area contributed by atoms with Gasteiger partial charge in [-0.05, 0) is 36.6 Å². The highest BCUT2D eigenvalue weighted by Gasteiger charge is 2.34. The molecule has 0 aromatic heterocycles. The zero-order valence-electron chi connectivity index (χ0n) is 16.6. The highest BCUT2D eigenvalue weighted by atomic mass is 16.5. The Morgan fingerprint density at radius 1 is 1.07 bits per heavy atom. The summed E-state index contributed by atoms with van der Waals surface area (Å²) in [6.45, 7) is 2.33. The van der Waals surface area contributed by atoms with Gasteiger partial charge < -0.3 is 14.8 Å². The van der Waals surface area contributed by atoms with E-state index in [4.69, 9.17) is 9.47 Å². The molecule has 28 heavy (non-hydrogen) atoms. The van der Waals surface area contributed by atoms with E-state index < -0.39 is 0 Å². The standard InChI is InChI=1S/C24H27NO3/c1-3-16-28-21-13-12-19(17-22(21)27-2)23(26)25-18-24(14-8-5-9-15-24)20-10-6-4-7-11-20/h4,6-7,10-13,17H,5,8-9,14-15,18H2,1-2H3,(H,25,26). The second kappa shape index (κ2) is 9.32. The summed E-state index contributed by atoms with van der Waals surface area (Å²) < 4.78 is 10.7. The van der Waals surface area contributed by atoms with E-state index in [9.17, 15) is 4.79 Å². The van der Waals surface area contributed by atoms with Gasteiger partial charge in [-0.15, -0.1) is 0 Å². The molecule has 1 aliphatic carbocycles. The third-order valence-corrected chi connectivity index (χ3v) is 5.47. The number of ether oxygens (including phenoxy) is 2. The smallest absolute Gasteiger partial charge is 0.251 e. The molecule has 0 atom stereocenters. The van der Waals surface area contributed by atoms with E-state index in [1.807, 2.05) is 6.07 Å². The van der Waals surface area contributed by atoms with Crippen molar-refractivity contribution in [3.8, 4) is 23.5 Å². The Labute approximate surface area is 167 Å². The number of methoxy groups -OCH3 is 1. The molecule has 0 spiro atoms. The molecule has 2 aromatic carbocycles. The molecule has 0 bridgehead atoms. The van der Waals surface area contributed by atoms with Crippen LogP contribution in [0.2, 0.25) is 0 Å². The first-order chi connectivity index (χ1) is 13.7. The molecule has 0 aliphatic heterocycles. The Hall–Kier alpha value is -2.93. The fraction of sp³-hybridized carbons (Fsp3) is 0.375. The number of hydrogen-bond acceptors (Lipinski definition) is 3. The van der Waals surface area contributed by atoms with Gasteiger partial charge in [-0.2, -0.15) is 0 Å². The van der Waals surface area contributed by atoms with Gasteiger partial charge in [0.1, 0.15) is 6.11 Å². The lowest BCUT2D eigenvalue weighted by Gasteiger charge is -2.38. The predicted octanol–water partition coefficient (Wildman–Crippen LogP) is 4.69. The van der Waals surface area contributed by atoms with Gasteiger partial charge in [0, 0.05) is 24.4 Å². The molecule has 0 radical (unpaired) electrons. The third kappa shape index (κ3) is 4.48. The van der Waals surface area contributed by atoms with Crippen molar-refractivity contribution < 1.29 is 14.3 Å². The zero-order chi connectivity index (χ0) is 19.8. The van der Waals surface area contributed by atoms with E-state index in [2.05, 4.69) is 41.6 Å². The molecular weight excluding hydrogens is 350 g/mol. The molecule has 3 rings (SSSR count). The number of amides is 1. The number of carbonyl (C=O) groups is 1. The van der Waals surface area contributed by atoms with Crippen LogP contribution >= 0.6 is 0 Å². The number of carbonyl (C=O) groups excluding carboxylic acids is 1. The van der Waals surface area contributed by atoms with Gasteiger partial charge in [0.25, 0.3) is 5.91 Å². The number of nitrogens with one attached hydrogen (secondary N) is 1. The van der Waals surface area contributed by atoms with Crippen molar-refractivity contribution >= 4 is 5.91 Å². The lowest BCUT2D eigenvalue weighted by molar-refractivity contribution is 0.0936. The maximum atomic E-state index is 12.8. The monoisotopic (exact) mass is 377 g/mol. The minimum atomic E-state index is -0.104. The van der Waals surface area contributed by atoms with E-state index in [1.165, 1.54) is 24.8 Å². The molecule has 0 unspecified atom stereocenters. The average Bonchev–Trinajstić information content (AvgIpc) is 2.77. The molecule has 1 N–H and O–H groups in total. The van der Waals surface area contributed by atoms with Crippen molar-refractivity contribution in [2.24, 2.45) is 0 Å². The SMILES string of the molecule is CC#COc1ccc(C(=O)NCC2(c3ccccc3)CCCCC2)cc1OC. The third-order valence-electron chi connectivity index (χ3n) is 5.47. The molecule has 0 heterocycles. The van der Waals surface area contributed by atoms with E-state index in [0.717, 1.165) is 12.8 Å². The Bertz CT molecular complexity index is 858. The van der Waals surface area contributed by atoms with Gasteiger partial charge in [0.05, 0.1) is 7.11 Å². The molecule has 4 nitrogen and oxygen atoms in total. The van der Waals surface area contributed by atoms with Gasteiger partial charge in [-0.1, -0.05) is 55.5 Å². The van der Waals surface area contributed by atoms with Gasteiger partial charge in [0.2, 0.25) is 0 Å². The summed E-state index contributed by atoms with van der Waals surface area (Å²) >= 11 is 0. The first-order valence-corrected chi connectivity index (χ1v) is 9.79. The fourth-order valence-corrected chi connectivity index (χ4v) is 3.94. The molecule has 146 valence electrons. The van der Waals surface area contributed by atoms with Gasteiger partial charge in [-0.25, -0.2) is 0 Å². The van der Waals surface area contributed by atoms with Crippen molar-refractivity contribution in [3.05, 3.63) is 59.7 Å². The molecule has 0 saturated heterocycles. The molecule has 1 amide bonds. The van der Waals surface area contributed by atoms with Gasteiger partial charge in [0.15, 0.2) is 11.5 Å². The summed E-state index contributed by atoms with van der Waals surface area (Å²) in [5.74, 6) is 3.56. The van der Waals surface area contributed by atoms with Crippen molar-refractivity contribution in [1.82, 2.24) is 5.32 Å². The fourth-order valence-electron chi connectivity index (χ4n) is 3.94. The van der Waals surface area contributed by atoms with Crippen LogP contribution in [0, 0.1) is 12.0 Å². The first-order valence-electron chi connectivity index (χ1n) is 9.79. The predicted molar refractivity (Wildman–Crippen MR) is 111 cm³/mol. The molecule has 4 heteroatoms. The summed E-state index contributed by atoms with van der Waals surface area (Å²) in [6.07, 6.45) is 8.41. The average molecular weight is 377 g/mol. The highest BCUT2D eigenvalue weighted by molar-refractivity contribution is 5.95. The van der Waals surface area contributed by atoms with Crippen LogP contribution < -0.4 is 14.8 Å². The van der Waals surface area contributed by atoms with Crippen molar-refractivity contribution in [2.75, 3.05) is 13.7 Å². The summed E-state index contributed by atoms with van der Waals surface area (Å²) in [7, 11) is 1.55. The lowest BCUT2D eigenvalue weighted by atomic mass is 9.69. The maximum absolute atomic E-state index is 12.8. The van der Waals surface area contributed by atoms with Crippen molar-refractivity contribution in [2.45, 2.75) is 44.4 Å². The quantitative estimate of drug-likeness (QED) is 0.743. The molecule has 2 aromatic rings. The largest absolute Gasteiger partial charge is 0.493 e. The molecule has 1 aliphatic rings. The summed E-state index contributed by atoms with van der Waals surface area (Å²) in [6, 6.07) is 15.7. The van der Waals surface area contributed by atoms with Crippen LogP contribution in [0.15, 0.2) is 48.5 Å². The van der Waals surface area contributed by atoms with Crippen LogP contribution in [0.25, 0.3) is 0 Å². The van der Waals surface area contributed by atoms with Crippen LogP contribution in [-0.4, -0.2) is 19.6 Å². The van der Waals surface area contributed by atoms with Crippen LogP contribution in [0.5, 0.6) is 11.5 Å². The van der Waals surface area contributed by atoms with Crippen molar-refractivity contribution in [1.29, 1.82) is 0 Å². The second-order valence-corrected chi connectivity index (χ2v) is 7.21. The highest BCUT2D eigenvalue weighted by Crippen LogP contribution is 2.39. The van der Waals surface area contributed by atoms with E-state index >= 15 is 0 Å². The summed E-state index contributed by atoms with van der Waals surface area (Å²) in [5.41, 5.74) is 1.88. The van der Waals surface area contributed by atoms with Crippen LogP contribution in [0.1, 0.15) is 54.9 Å². The Morgan fingerprint density at radius 2 is 1.82 bits per heavy atom. The van der Waals surface area contributed by atoms with E-state index in [0.29, 0.717) is 23.6 Å². The Balaban J connectivity index is 1.75. The number of hydrogen-bond donors (Lipinski definition) is 1. The molecule has 1 saturated carbocycles. The topological polar surface area (TPSA) is 47.6 Å². The Kier molecular flexibility index (Phi) is 6.60. The van der Waals surface area contributed by atoms with Crippen LogP contribution in [0.4, 0.5) is 0 Å². The maximum Gasteiger partial charge on any atom is 0.251 e. The second-order valence-electron chi connectivity index (χ2n) is 7.21. The summed E-state index contributed by atoms with van der Waals surface area (Å²) in [5, 5.41) is 3.16. The zero-order valence-corrected chi connectivity index (χ0v) is 16.6. The van der Waals surface area contributed by atoms with E-state index in [1.54, 1.807) is 32.2 Å². The number of benzene rings is 2. The first kappa shape index (κ1) is 19.8. The Morgan fingerprint density at radius 3 is 2.50 bits per heavy atom. The summed E-state index contributed by atoms with van der Waals surface area (Å²) in [4.78, 5) is 12.8. The number of rotatable bonds is 6. The molecule has 1 fully saturated rings. The molecular formula is C24H27NO3. The minimum Gasteiger partial charge on any atom is -0.493 e.